The first kappa shape index (κ1) is 22.8. The lowest BCUT2D eigenvalue weighted by atomic mass is 9.89. The van der Waals surface area contributed by atoms with Gasteiger partial charge in [0.15, 0.2) is 0 Å². The Bertz CT molecular complexity index is 980. The van der Waals surface area contributed by atoms with E-state index in [2.05, 4.69) is 66.5 Å². The molecule has 2 aliphatic rings. The Hall–Kier alpha value is -2.39. The Balaban J connectivity index is 1.40. The van der Waals surface area contributed by atoms with E-state index in [0.717, 1.165) is 30.6 Å². The summed E-state index contributed by atoms with van der Waals surface area (Å²) < 4.78 is 0. The zero-order chi connectivity index (χ0) is 22.5. The lowest BCUT2D eigenvalue weighted by Gasteiger charge is -2.29. The number of rotatable bonds is 8. The molecule has 2 aromatic rings. The number of likely N-dealkylation sites (tertiary alicyclic amines) is 1. The van der Waals surface area contributed by atoms with E-state index in [1.54, 1.807) is 5.57 Å². The van der Waals surface area contributed by atoms with Crippen molar-refractivity contribution < 1.29 is 0 Å². The third kappa shape index (κ3) is 5.89. The molecule has 3 nitrogen and oxygen atoms in total. The summed E-state index contributed by atoms with van der Waals surface area (Å²) in [5.41, 5.74) is 9.99. The molecular weight excluding hydrogens is 390 g/mol. The van der Waals surface area contributed by atoms with Crippen molar-refractivity contribution in [3.8, 4) is 0 Å². The fourth-order valence-corrected chi connectivity index (χ4v) is 5.07. The van der Waals surface area contributed by atoms with Gasteiger partial charge in [-0.3, -0.25) is 4.90 Å². The number of anilines is 1. The van der Waals surface area contributed by atoms with Crippen LogP contribution >= 0.6 is 0 Å². The second kappa shape index (κ2) is 10.5. The third-order valence-corrected chi connectivity index (χ3v) is 6.79. The van der Waals surface area contributed by atoms with Crippen LogP contribution in [0.1, 0.15) is 74.3 Å². The molecule has 1 saturated heterocycles. The molecule has 1 aliphatic carbocycles. The zero-order valence-corrected chi connectivity index (χ0v) is 20.1. The van der Waals surface area contributed by atoms with E-state index in [0.29, 0.717) is 11.8 Å². The fraction of sp³-hybridized carbons (Fsp3) is 0.483. The molecule has 2 aromatic carbocycles. The molecular formula is C29H39N3. The Morgan fingerprint density at radius 3 is 2.41 bits per heavy atom. The van der Waals surface area contributed by atoms with Gasteiger partial charge in [0.1, 0.15) is 0 Å². The van der Waals surface area contributed by atoms with E-state index in [4.69, 9.17) is 5.41 Å². The normalized spacial score (nSPS) is 16.6. The topological polar surface area (TPSA) is 39.1 Å². The molecule has 2 N–H and O–H groups in total. The number of benzene rings is 2. The molecule has 0 bridgehead atoms. The second-order valence-corrected chi connectivity index (χ2v) is 9.98. The van der Waals surface area contributed by atoms with E-state index in [1.807, 2.05) is 6.92 Å². The van der Waals surface area contributed by atoms with Gasteiger partial charge in [0.2, 0.25) is 0 Å². The van der Waals surface area contributed by atoms with Crippen molar-refractivity contribution in [1.29, 1.82) is 5.41 Å². The maximum absolute atomic E-state index is 8.17. The highest BCUT2D eigenvalue weighted by molar-refractivity contribution is 6.01. The Kier molecular flexibility index (Phi) is 7.47. The average Bonchev–Trinajstić information content (AvgIpc) is 2.78. The van der Waals surface area contributed by atoms with Crippen LogP contribution in [0.2, 0.25) is 0 Å². The highest BCUT2D eigenvalue weighted by atomic mass is 15.1. The molecule has 4 rings (SSSR count). The van der Waals surface area contributed by atoms with Crippen LogP contribution in [0.15, 0.2) is 42.0 Å². The van der Waals surface area contributed by atoms with Gasteiger partial charge in [0.05, 0.1) is 0 Å². The molecule has 0 amide bonds. The number of fused-ring (bicyclic) bond motifs is 1. The molecule has 32 heavy (non-hydrogen) atoms. The Morgan fingerprint density at radius 2 is 1.69 bits per heavy atom. The van der Waals surface area contributed by atoms with Crippen molar-refractivity contribution in [2.75, 3.05) is 25.0 Å². The van der Waals surface area contributed by atoms with Crippen molar-refractivity contribution >= 4 is 17.5 Å². The standard InChI is InChI=1S/C29H39N3/c1-21(2)31-29-14-11-24(19-28(29)22(3)30)8-7-23-9-12-27-18-25(10-13-26(27)17-23)20-32-15-5-4-6-16-32/h9,11-12,14,17-19,21,30-31H,4-8,10,13,15-16,20H2,1-3H3. The zero-order valence-electron chi connectivity index (χ0n) is 20.1. The highest BCUT2D eigenvalue weighted by Gasteiger charge is 2.16. The summed E-state index contributed by atoms with van der Waals surface area (Å²) in [6.07, 6.45) is 11.0. The maximum Gasteiger partial charge on any atom is 0.0434 e. The van der Waals surface area contributed by atoms with E-state index >= 15 is 0 Å². The van der Waals surface area contributed by atoms with Crippen molar-refractivity contribution in [3.05, 3.63) is 69.8 Å². The summed E-state index contributed by atoms with van der Waals surface area (Å²) in [4.78, 5) is 2.64. The smallest absolute Gasteiger partial charge is 0.0434 e. The van der Waals surface area contributed by atoms with Gasteiger partial charge in [0.25, 0.3) is 0 Å². The van der Waals surface area contributed by atoms with E-state index in [9.17, 15) is 0 Å². The first-order valence-electron chi connectivity index (χ1n) is 12.5. The van der Waals surface area contributed by atoms with E-state index in [1.165, 1.54) is 67.4 Å². The predicted octanol–water partition coefficient (Wildman–Crippen LogP) is 6.50. The summed E-state index contributed by atoms with van der Waals surface area (Å²) >= 11 is 0. The molecule has 0 spiro atoms. The molecule has 0 atom stereocenters. The van der Waals surface area contributed by atoms with Crippen molar-refractivity contribution in [1.82, 2.24) is 4.90 Å². The van der Waals surface area contributed by atoms with Crippen LogP contribution < -0.4 is 5.32 Å². The molecule has 1 aliphatic heterocycles. The summed E-state index contributed by atoms with van der Waals surface area (Å²) in [5, 5.41) is 11.6. The fourth-order valence-electron chi connectivity index (χ4n) is 5.07. The SMILES string of the molecule is CC(=N)c1cc(CCc2ccc3c(c2)CCC(CN2CCCCC2)=C3)ccc1NC(C)C. The number of nitrogens with zero attached hydrogens (tertiary/aromatic N) is 1. The number of hydrogen-bond donors (Lipinski definition) is 2. The largest absolute Gasteiger partial charge is 0.382 e. The summed E-state index contributed by atoms with van der Waals surface area (Å²) in [6.45, 7) is 9.87. The van der Waals surface area contributed by atoms with Crippen LogP contribution in [-0.4, -0.2) is 36.3 Å². The predicted molar refractivity (Wildman–Crippen MR) is 138 cm³/mol. The molecule has 0 unspecified atom stereocenters. The Labute approximate surface area is 194 Å². The summed E-state index contributed by atoms with van der Waals surface area (Å²) in [7, 11) is 0. The van der Waals surface area contributed by atoms with Gasteiger partial charge in [-0.2, -0.15) is 0 Å². The summed E-state index contributed by atoms with van der Waals surface area (Å²) in [6, 6.07) is 14.0. The molecule has 0 radical (unpaired) electrons. The molecule has 3 heteroatoms. The quantitative estimate of drug-likeness (QED) is 0.470. The summed E-state index contributed by atoms with van der Waals surface area (Å²) in [5.74, 6) is 0. The van der Waals surface area contributed by atoms with Crippen molar-refractivity contribution in [3.63, 3.8) is 0 Å². The number of aryl methyl sites for hydroxylation is 3. The first-order chi connectivity index (χ1) is 15.5. The molecule has 1 fully saturated rings. The monoisotopic (exact) mass is 429 g/mol. The van der Waals surface area contributed by atoms with E-state index < -0.39 is 0 Å². The lowest BCUT2D eigenvalue weighted by molar-refractivity contribution is 0.245. The van der Waals surface area contributed by atoms with E-state index in [-0.39, 0.29) is 0 Å². The minimum atomic E-state index is 0.365. The first-order valence-corrected chi connectivity index (χ1v) is 12.5. The van der Waals surface area contributed by atoms with Crippen LogP contribution in [0.5, 0.6) is 0 Å². The Morgan fingerprint density at radius 1 is 0.969 bits per heavy atom. The van der Waals surface area contributed by atoms with Crippen LogP contribution in [0.3, 0.4) is 0 Å². The molecule has 0 saturated carbocycles. The lowest BCUT2D eigenvalue weighted by Crippen LogP contribution is -2.31. The molecule has 1 heterocycles. The van der Waals surface area contributed by atoms with Crippen molar-refractivity contribution in [2.45, 2.75) is 71.8 Å². The van der Waals surface area contributed by atoms with Crippen molar-refractivity contribution in [2.24, 2.45) is 0 Å². The third-order valence-electron chi connectivity index (χ3n) is 6.79. The maximum atomic E-state index is 8.17. The van der Waals surface area contributed by atoms with Crippen LogP contribution in [0, 0.1) is 5.41 Å². The van der Waals surface area contributed by atoms with Gasteiger partial charge in [-0.1, -0.05) is 42.3 Å². The molecule has 170 valence electrons. The average molecular weight is 430 g/mol. The van der Waals surface area contributed by atoms with Crippen LogP contribution in [0.4, 0.5) is 5.69 Å². The second-order valence-electron chi connectivity index (χ2n) is 9.98. The minimum Gasteiger partial charge on any atom is -0.382 e. The number of hydrogen-bond acceptors (Lipinski definition) is 3. The van der Waals surface area contributed by atoms with Gasteiger partial charge in [0, 0.05) is 29.5 Å². The van der Waals surface area contributed by atoms with Gasteiger partial charge >= 0.3 is 0 Å². The van der Waals surface area contributed by atoms with Gasteiger partial charge in [-0.05, 0) is 107 Å². The van der Waals surface area contributed by atoms with Gasteiger partial charge in [-0.15, -0.1) is 0 Å². The number of nitrogens with one attached hydrogen (secondary N) is 2. The van der Waals surface area contributed by atoms with Crippen LogP contribution in [-0.2, 0) is 19.3 Å². The van der Waals surface area contributed by atoms with Crippen LogP contribution in [0.25, 0.3) is 6.08 Å². The minimum absolute atomic E-state index is 0.365. The highest BCUT2D eigenvalue weighted by Crippen LogP contribution is 2.27. The number of piperidine rings is 1. The molecule has 0 aromatic heterocycles. The van der Waals surface area contributed by atoms with Gasteiger partial charge < -0.3 is 10.7 Å². The van der Waals surface area contributed by atoms with Gasteiger partial charge in [-0.25, -0.2) is 0 Å².